The van der Waals surface area contributed by atoms with Gasteiger partial charge in [-0.3, -0.25) is 9.79 Å². The summed E-state index contributed by atoms with van der Waals surface area (Å²) in [7, 11) is 0. The molecule has 0 fully saturated rings. The SMILES string of the molecule is C=C/C=C\N=C(C)c1c(F)cccc1C(=O)N(CC)C(C)COc1ccc(OC(F)(F)F)cn1. The molecule has 2 rings (SSSR count). The van der Waals surface area contributed by atoms with Gasteiger partial charge in [-0.05, 0) is 45.0 Å². The Hall–Kier alpha value is -3.69. The monoisotopic (exact) mass is 479 g/mol. The van der Waals surface area contributed by atoms with Crippen LogP contribution < -0.4 is 9.47 Å². The third-order valence-corrected chi connectivity index (χ3v) is 4.64. The number of hydrogen-bond donors (Lipinski definition) is 0. The van der Waals surface area contributed by atoms with E-state index in [0.717, 1.165) is 12.3 Å². The molecule has 1 amide bonds. The molecule has 0 N–H and O–H groups in total. The highest BCUT2D eigenvalue weighted by Crippen LogP contribution is 2.23. The van der Waals surface area contributed by atoms with Crippen molar-refractivity contribution in [3.8, 4) is 11.6 Å². The van der Waals surface area contributed by atoms with E-state index >= 15 is 0 Å². The normalized spacial score (nSPS) is 13.0. The van der Waals surface area contributed by atoms with Crippen molar-refractivity contribution in [2.75, 3.05) is 13.2 Å². The highest BCUT2D eigenvalue weighted by Gasteiger charge is 2.31. The first-order valence-corrected chi connectivity index (χ1v) is 10.3. The Morgan fingerprint density at radius 1 is 1.29 bits per heavy atom. The van der Waals surface area contributed by atoms with E-state index in [1.165, 1.54) is 41.4 Å². The average molecular weight is 479 g/mol. The number of hydrogen-bond acceptors (Lipinski definition) is 5. The zero-order chi connectivity index (χ0) is 25.3. The van der Waals surface area contributed by atoms with E-state index in [1.54, 1.807) is 26.8 Å². The summed E-state index contributed by atoms with van der Waals surface area (Å²) >= 11 is 0. The number of aliphatic imine (C=N–C) groups is 1. The van der Waals surface area contributed by atoms with Crippen LogP contribution in [0.2, 0.25) is 0 Å². The summed E-state index contributed by atoms with van der Waals surface area (Å²) in [5.74, 6) is -1.41. The molecule has 1 aromatic heterocycles. The quantitative estimate of drug-likeness (QED) is 0.254. The van der Waals surface area contributed by atoms with Gasteiger partial charge in [-0.25, -0.2) is 9.37 Å². The topological polar surface area (TPSA) is 64.0 Å². The molecule has 1 heterocycles. The van der Waals surface area contributed by atoms with Crippen LogP contribution in [0.1, 0.15) is 36.7 Å². The van der Waals surface area contributed by atoms with Gasteiger partial charge in [-0.1, -0.05) is 18.7 Å². The number of rotatable bonds is 10. The molecule has 1 unspecified atom stereocenters. The van der Waals surface area contributed by atoms with Crippen LogP contribution >= 0.6 is 0 Å². The fraction of sp³-hybridized carbons (Fsp3) is 0.292. The van der Waals surface area contributed by atoms with Gasteiger partial charge in [-0.2, -0.15) is 0 Å². The maximum Gasteiger partial charge on any atom is 0.573 e. The molecule has 34 heavy (non-hydrogen) atoms. The lowest BCUT2D eigenvalue weighted by atomic mass is 10.0. The first-order valence-electron chi connectivity index (χ1n) is 10.3. The minimum Gasteiger partial charge on any atom is -0.475 e. The van der Waals surface area contributed by atoms with Crippen LogP contribution in [0.3, 0.4) is 0 Å². The van der Waals surface area contributed by atoms with Crippen LogP contribution in [0.4, 0.5) is 17.6 Å². The molecule has 0 spiro atoms. The molecule has 0 radical (unpaired) electrons. The molecule has 6 nitrogen and oxygen atoms in total. The number of carbonyl (C=O) groups is 1. The molecule has 0 saturated heterocycles. The van der Waals surface area contributed by atoms with E-state index in [1.807, 2.05) is 0 Å². The highest BCUT2D eigenvalue weighted by atomic mass is 19.4. The first kappa shape index (κ1) is 26.6. The fourth-order valence-electron chi connectivity index (χ4n) is 3.10. The number of nitrogens with zero attached hydrogens (tertiary/aromatic N) is 3. The van der Waals surface area contributed by atoms with E-state index in [0.29, 0.717) is 12.3 Å². The van der Waals surface area contributed by atoms with Crippen LogP contribution in [0.15, 0.2) is 66.5 Å². The van der Waals surface area contributed by atoms with Crippen molar-refractivity contribution >= 4 is 11.6 Å². The summed E-state index contributed by atoms with van der Waals surface area (Å²) in [4.78, 5) is 22.7. The molecule has 0 aliphatic heterocycles. The number of carbonyl (C=O) groups excluding carboxylic acids is 1. The van der Waals surface area contributed by atoms with Gasteiger partial charge >= 0.3 is 6.36 Å². The van der Waals surface area contributed by atoms with Crippen LogP contribution in [-0.2, 0) is 0 Å². The molecular weight excluding hydrogens is 454 g/mol. The van der Waals surface area contributed by atoms with Gasteiger partial charge in [0.2, 0.25) is 5.88 Å². The number of likely N-dealkylation sites (N-methyl/N-ethyl adjacent to an activating group) is 1. The van der Waals surface area contributed by atoms with Crippen molar-refractivity contribution in [2.24, 2.45) is 4.99 Å². The van der Waals surface area contributed by atoms with E-state index in [2.05, 4.69) is 21.3 Å². The third kappa shape index (κ3) is 7.43. The van der Waals surface area contributed by atoms with Crippen molar-refractivity contribution in [3.63, 3.8) is 0 Å². The van der Waals surface area contributed by atoms with Crippen molar-refractivity contribution in [3.05, 3.63) is 78.4 Å². The summed E-state index contributed by atoms with van der Waals surface area (Å²) in [6.45, 7) is 8.95. The molecule has 1 atom stereocenters. The second-order valence-corrected chi connectivity index (χ2v) is 7.09. The minimum absolute atomic E-state index is 0.00580. The van der Waals surface area contributed by atoms with Gasteiger partial charge in [-0.15, -0.1) is 13.2 Å². The molecule has 2 aromatic rings. The Bertz CT molecular complexity index is 1050. The highest BCUT2D eigenvalue weighted by molar-refractivity contribution is 6.09. The summed E-state index contributed by atoms with van der Waals surface area (Å²) in [6.07, 6.45) is 0.629. The maximum atomic E-state index is 14.6. The number of pyridine rings is 1. The maximum absolute atomic E-state index is 14.6. The summed E-state index contributed by atoms with van der Waals surface area (Å²) < 4.78 is 60.7. The van der Waals surface area contributed by atoms with E-state index in [9.17, 15) is 22.4 Å². The van der Waals surface area contributed by atoms with E-state index in [4.69, 9.17) is 4.74 Å². The second kappa shape index (κ2) is 12.0. The third-order valence-electron chi connectivity index (χ3n) is 4.64. The van der Waals surface area contributed by atoms with Crippen LogP contribution in [0.5, 0.6) is 11.6 Å². The second-order valence-electron chi connectivity index (χ2n) is 7.09. The summed E-state index contributed by atoms with van der Waals surface area (Å²) in [5, 5.41) is 0. The lowest BCUT2D eigenvalue weighted by molar-refractivity contribution is -0.274. The fourth-order valence-corrected chi connectivity index (χ4v) is 3.10. The molecule has 1 aromatic carbocycles. The average Bonchev–Trinajstić information content (AvgIpc) is 2.78. The number of amides is 1. The predicted molar refractivity (Wildman–Crippen MR) is 121 cm³/mol. The van der Waals surface area contributed by atoms with E-state index in [-0.39, 0.29) is 23.6 Å². The smallest absolute Gasteiger partial charge is 0.475 e. The summed E-state index contributed by atoms with van der Waals surface area (Å²) in [6, 6.07) is 6.07. The lowest BCUT2D eigenvalue weighted by Crippen LogP contribution is -2.42. The molecule has 0 aliphatic rings. The molecular formula is C24H25F4N3O3. The van der Waals surface area contributed by atoms with Crippen LogP contribution in [0.25, 0.3) is 0 Å². The molecule has 0 saturated carbocycles. The first-order chi connectivity index (χ1) is 16.1. The van der Waals surface area contributed by atoms with Gasteiger partial charge in [0.1, 0.15) is 18.2 Å². The summed E-state index contributed by atoms with van der Waals surface area (Å²) in [5.41, 5.74) is 0.563. The predicted octanol–water partition coefficient (Wildman–Crippen LogP) is 5.56. The number of aromatic nitrogens is 1. The van der Waals surface area contributed by atoms with Gasteiger partial charge in [0.05, 0.1) is 17.8 Å². The van der Waals surface area contributed by atoms with Crippen molar-refractivity contribution in [1.29, 1.82) is 0 Å². The van der Waals surface area contributed by atoms with Gasteiger partial charge in [0, 0.05) is 30.1 Å². The zero-order valence-corrected chi connectivity index (χ0v) is 19.0. The Labute approximate surface area is 195 Å². The minimum atomic E-state index is -4.82. The largest absolute Gasteiger partial charge is 0.573 e. The van der Waals surface area contributed by atoms with Crippen molar-refractivity contribution in [2.45, 2.75) is 33.2 Å². The number of allylic oxidation sites excluding steroid dienone is 2. The van der Waals surface area contributed by atoms with Crippen molar-refractivity contribution < 1.29 is 31.8 Å². The van der Waals surface area contributed by atoms with E-state index < -0.39 is 29.9 Å². The Morgan fingerprint density at radius 3 is 2.62 bits per heavy atom. The standard InChI is InChI=1S/C24H25F4N3O3/c1-5-7-13-29-17(4)22-19(9-8-10-20(22)25)23(32)31(6-2)16(3)15-33-21-12-11-18(14-30-21)34-24(26,27)28/h5,7-14,16H,1,6,15H2,2-4H3/b13-7-,29-17?. The number of ether oxygens (including phenoxy) is 2. The van der Waals surface area contributed by atoms with Gasteiger partial charge < -0.3 is 14.4 Å². The number of alkyl halides is 3. The lowest BCUT2D eigenvalue weighted by Gasteiger charge is -2.28. The van der Waals surface area contributed by atoms with Gasteiger partial charge in [0.25, 0.3) is 5.91 Å². The number of benzene rings is 1. The Kier molecular flexibility index (Phi) is 9.35. The molecule has 10 heteroatoms. The molecule has 0 aliphatic carbocycles. The zero-order valence-electron chi connectivity index (χ0n) is 19.0. The Morgan fingerprint density at radius 2 is 2.03 bits per heavy atom. The van der Waals surface area contributed by atoms with Crippen LogP contribution in [-0.4, -0.2) is 47.1 Å². The molecule has 0 bridgehead atoms. The molecule has 182 valence electrons. The number of halogens is 4. The van der Waals surface area contributed by atoms with Crippen molar-refractivity contribution in [1.82, 2.24) is 9.88 Å². The Balaban J connectivity index is 2.16. The van der Waals surface area contributed by atoms with Gasteiger partial charge in [0.15, 0.2) is 0 Å². The van der Waals surface area contributed by atoms with Crippen LogP contribution in [0, 0.1) is 5.82 Å².